The second kappa shape index (κ2) is 5.30. The molecule has 1 aromatic heterocycles. The van der Waals surface area contributed by atoms with Crippen LogP contribution in [0.4, 0.5) is 5.69 Å². The van der Waals surface area contributed by atoms with E-state index in [0.717, 1.165) is 10.6 Å². The van der Waals surface area contributed by atoms with Crippen molar-refractivity contribution in [1.29, 1.82) is 0 Å². The van der Waals surface area contributed by atoms with Gasteiger partial charge in [-0.3, -0.25) is 0 Å². The van der Waals surface area contributed by atoms with Crippen LogP contribution in [-0.4, -0.2) is 16.3 Å². The monoisotopic (exact) mass is 265 g/mol. The van der Waals surface area contributed by atoms with Gasteiger partial charge in [0.2, 0.25) is 5.89 Å². The number of nitrogen functional groups attached to an aromatic ring is 1. The van der Waals surface area contributed by atoms with Gasteiger partial charge in [0.05, 0.1) is 6.10 Å². The number of hydrogen-bond donors (Lipinski definition) is 1. The van der Waals surface area contributed by atoms with Crippen molar-refractivity contribution in [3.63, 3.8) is 0 Å². The van der Waals surface area contributed by atoms with Crippen molar-refractivity contribution >= 4 is 17.4 Å². The maximum Gasteiger partial charge on any atom is 0.281 e. The third-order valence-electron chi connectivity index (χ3n) is 1.99. The Kier molecular flexibility index (Phi) is 3.76. The topological polar surface area (TPSA) is 74.2 Å². The van der Waals surface area contributed by atoms with Crippen molar-refractivity contribution in [2.45, 2.75) is 37.0 Å². The maximum atomic E-state index is 5.83. The van der Waals surface area contributed by atoms with Crippen molar-refractivity contribution in [3.8, 4) is 5.75 Å². The minimum absolute atomic E-state index is 0.107. The lowest BCUT2D eigenvalue weighted by Crippen LogP contribution is -2.05. The molecule has 0 aliphatic carbocycles. The molecular weight excluding hydrogens is 250 g/mol. The van der Waals surface area contributed by atoms with Crippen molar-refractivity contribution < 1.29 is 9.15 Å². The van der Waals surface area contributed by atoms with E-state index >= 15 is 0 Å². The van der Waals surface area contributed by atoms with Crippen LogP contribution < -0.4 is 10.5 Å². The van der Waals surface area contributed by atoms with Crippen LogP contribution >= 0.6 is 11.8 Å². The average molecular weight is 265 g/mol. The standard InChI is InChI=1S/C12H15N3O2S/c1-7(2)16-10-4-9(13)5-11(6-10)18-12-15-14-8(3)17-12/h4-7H,13H2,1-3H3. The van der Waals surface area contributed by atoms with Gasteiger partial charge < -0.3 is 14.9 Å². The average Bonchev–Trinajstić information content (AvgIpc) is 2.61. The molecule has 2 aromatic rings. The van der Waals surface area contributed by atoms with Gasteiger partial charge in [0, 0.05) is 23.6 Å². The Labute approximate surface area is 110 Å². The largest absolute Gasteiger partial charge is 0.491 e. The van der Waals surface area contributed by atoms with Gasteiger partial charge in [-0.15, -0.1) is 10.2 Å². The number of hydrogen-bond acceptors (Lipinski definition) is 6. The number of benzene rings is 1. The Balaban J connectivity index is 2.19. The van der Waals surface area contributed by atoms with Gasteiger partial charge in [0.15, 0.2) is 0 Å². The van der Waals surface area contributed by atoms with Crippen LogP contribution in [0.25, 0.3) is 0 Å². The zero-order chi connectivity index (χ0) is 13.1. The molecule has 1 aromatic carbocycles. The molecule has 0 saturated heterocycles. The first-order valence-electron chi connectivity index (χ1n) is 5.58. The summed E-state index contributed by atoms with van der Waals surface area (Å²) in [6.07, 6.45) is 0.107. The minimum atomic E-state index is 0.107. The van der Waals surface area contributed by atoms with E-state index in [9.17, 15) is 0 Å². The lowest BCUT2D eigenvalue weighted by molar-refractivity contribution is 0.242. The summed E-state index contributed by atoms with van der Waals surface area (Å²) >= 11 is 1.36. The number of nitrogens with zero attached hydrogens (tertiary/aromatic N) is 2. The maximum absolute atomic E-state index is 5.83. The highest BCUT2D eigenvalue weighted by atomic mass is 32.2. The number of ether oxygens (including phenoxy) is 1. The number of nitrogens with two attached hydrogens (primary N) is 1. The quantitative estimate of drug-likeness (QED) is 0.857. The molecule has 0 spiro atoms. The van der Waals surface area contributed by atoms with Crippen LogP contribution in [0.1, 0.15) is 19.7 Å². The zero-order valence-electron chi connectivity index (χ0n) is 10.5. The summed E-state index contributed by atoms with van der Waals surface area (Å²) in [6, 6.07) is 5.54. The molecule has 0 bridgehead atoms. The molecule has 0 radical (unpaired) electrons. The van der Waals surface area contributed by atoms with Crippen molar-refractivity contribution in [2.75, 3.05) is 5.73 Å². The van der Waals surface area contributed by atoms with Gasteiger partial charge in [-0.05, 0) is 37.7 Å². The summed E-state index contributed by atoms with van der Waals surface area (Å²) in [6.45, 7) is 5.69. The third-order valence-corrected chi connectivity index (χ3v) is 2.80. The van der Waals surface area contributed by atoms with E-state index in [1.54, 1.807) is 13.0 Å². The van der Waals surface area contributed by atoms with Crippen molar-refractivity contribution in [1.82, 2.24) is 10.2 Å². The van der Waals surface area contributed by atoms with Gasteiger partial charge in [-0.1, -0.05) is 0 Å². The first-order chi connectivity index (χ1) is 8.52. The fourth-order valence-corrected chi connectivity index (χ4v) is 2.23. The molecule has 18 heavy (non-hydrogen) atoms. The molecule has 0 saturated carbocycles. The summed E-state index contributed by atoms with van der Waals surface area (Å²) < 4.78 is 10.9. The van der Waals surface area contributed by atoms with Crippen LogP contribution in [0.5, 0.6) is 5.75 Å². The zero-order valence-corrected chi connectivity index (χ0v) is 11.3. The van der Waals surface area contributed by atoms with E-state index in [4.69, 9.17) is 14.9 Å². The molecule has 0 amide bonds. The molecule has 2 N–H and O–H groups in total. The Morgan fingerprint density at radius 2 is 2.06 bits per heavy atom. The van der Waals surface area contributed by atoms with Crippen molar-refractivity contribution in [3.05, 3.63) is 24.1 Å². The van der Waals surface area contributed by atoms with E-state index in [-0.39, 0.29) is 6.10 Å². The van der Waals surface area contributed by atoms with Gasteiger partial charge in [-0.25, -0.2) is 0 Å². The van der Waals surface area contributed by atoms with Gasteiger partial charge in [0.1, 0.15) is 5.75 Å². The Bertz CT molecular complexity index is 540. The van der Waals surface area contributed by atoms with E-state index in [2.05, 4.69) is 10.2 Å². The highest BCUT2D eigenvalue weighted by Crippen LogP contribution is 2.31. The number of anilines is 1. The predicted molar refractivity (Wildman–Crippen MR) is 69.8 cm³/mol. The summed E-state index contributed by atoms with van der Waals surface area (Å²) in [4.78, 5) is 0.911. The molecule has 0 aliphatic rings. The smallest absolute Gasteiger partial charge is 0.281 e. The fourth-order valence-electron chi connectivity index (χ4n) is 1.41. The first-order valence-corrected chi connectivity index (χ1v) is 6.40. The third kappa shape index (κ3) is 3.40. The SMILES string of the molecule is Cc1nnc(Sc2cc(N)cc(OC(C)C)c2)o1. The summed E-state index contributed by atoms with van der Waals surface area (Å²) in [5, 5.41) is 8.20. The molecule has 1 heterocycles. The normalized spacial score (nSPS) is 10.9. The Morgan fingerprint density at radius 1 is 1.28 bits per heavy atom. The molecule has 0 fully saturated rings. The molecule has 6 heteroatoms. The van der Waals surface area contributed by atoms with Gasteiger partial charge in [0.25, 0.3) is 5.22 Å². The molecule has 0 unspecified atom stereocenters. The Hall–Kier alpha value is -1.69. The van der Waals surface area contributed by atoms with Crippen LogP contribution in [-0.2, 0) is 0 Å². The van der Waals surface area contributed by atoms with E-state index in [1.807, 2.05) is 26.0 Å². The van der Waals surface area contributed by atoms with Crippen LogP contribution in [0.15, 0.2) is 32.7 Å². The summed E-state index contributed by atoms with van der Waals surface area (Å²) in [5.41, 5.74) is 6.48. The summed E-state index contributed by atoms with van der Waals surface area (Å²) in [7, 11) is 0. The molecule has 0 atom stereocenters. The van der Waals surface area contributed by atoms with E-state index in [1.165, 1.54) is 11.8 Å². The Morgan fingerprint density at radius 3 is 2.67 bits per heavy atom. The molecule has 96 valence electrons. The second-order valence-electron chi connectivity index (χ2n) is 4.09. The lowest BCUT2D eigenvalue weighted by atomic mass is 10.3. The minimum Gasteiger partial charge on any atom is -0.491 e. The molecule has 0 aliphatic heterocycles. The molecular formula is C12H15N3O2S. The van der Waals surface area contributed by atoms with Crippen LogP contribution in [0.2, 0.25) is 0 Å². The first kappa shape index (κ1) is 12.8. The lowest BCUT2D eigenvalue weighted by Gasteiger charge is -2.11. The second-order valence-corrected chi connectivity index (χ2v) is 5.12. The highest BCUT2D eigenvalue weighted by Gasteiger charge is 2.08. The van der Waals surface area contributed by atoms with E-state index in [0.29, 0.717) is 16.8 Å². The van der Waals surface area contributed by atoms with Gasteiger partial charge in [-0.2, -0.15) is 0 Å². The number of aromatic nitrogens is 2. The molecule has 5 nitrogen and oxygen atoms in total. The van der Waals surface area contributed by atoms with E-state index < -0.39 is 0 Å². The molecule has 2 rings (SSSR count). The summed E-state index contributed by atoms with van der Waals surface area (Å²) in [5.74, 6) is 1.28. The number of rotatable bonds is 4. The fraction of sp³-hybridized carbons (Fsp3) is 0.333. The highest BCUT2D eigenvalue weighted by molar-refractivity contribution is 7.99. The van der Waals surface area contributed by atoms with Crippen LogP contribution in [0.3, 0.4) is 0 Å². The number of aryl methyl sites for hydroxylation is 1. The predicted octanol–water partition coefficient (Wildman–Crippen LogP) is 2.90. The van der Waals surface area contributed by atoms with Crippen LogP contribution in [0, 0.1) is 6.92 Å². The van der Waals surface area contributed by atoms with Crippen molar-refractivity contribution in [2.24, 2.45) is 0 Å². The van der Waals surface area contributed by atoms with Gasteiger partial charge >= 0.3 is 0 Å².